The summed E-state index contributed by atoms with van der Waals surface area (Å²) in [5.41, 5.74) is 7.75. The van der Waals surface area contributed by atoms with Crippen LogP contribution in [0, 0.1) is 37.5 Å². The van der Waals surface area contributed by atoms with Gasteiger partial charge < -0.3 is 0 Å². The molecule has 2 amide bonds. The minimum atomic E-state index is -0.359. The first-order valence-electron chi connectivity index (χ1n) is 12.9. The Bertz CT molecular complexity index is 1560. The molecule has 37 heavy (non-hydrogen) atoms. The lowest BCUT2D eigenvalue weighted by atomic mass is 9.85. The monoisotopic (exact) mass is 481 g/mol. The van der Waals surface area contributed by atoms with Crippen molar-refractivity contribution in [3.05, 3.63) is 131 Å². The maximum atomic E-state index is 14.0. The third-order valence-corrected chi connectivity index (χ3v) is 8.39. The fraction of sp³-hybridized carbons (Fsp3) is 0.176. The molecule has 2 aliphatic carbocycles. The maximum absolute atomic E-state index is 14.0. The molecule has 3 aliphatic rings. The van der Waals surface area contributed by atoms with E-state index in [-0.39, 0.29) is 35.5 Å². The van der Waals surface area contributed by atoms with Crippen LogP contribution in [0.25, 0.3) is 16.3 Å². The molecule has 2 fully saturated rings. The summed E-state index contributed by atoms with van der Waals surface area (Å²) in [6, 6.07) is 31.0. The summed E-state index contributed by atoms with van der Waals surface area (Å²) in [4.78, 5) is 29.5. The van der Waals surface area contributed by atoms with Gasteiger partial charge in [-0.3, -0.25) is 9.59 Å². The van der Waals surface area contributed by atoms with Gasteiger partial charge in [0.1, 0.15) is 0 Å². The average molecular weight is 482 g/mol. The number of aryl methyl sites for hydroxylation is 2. The zero-order valence-corrected chi connectivity index (χ0v) is 20.9. The summed E-state index contributed by atoms with van der Waals surface area (Å²) >= 11 is 0. The number of anilines is 1. The van der Waals surface area contributed by atoms with Crippen LogP contribution < -0.4 is 4.90 Å². The molecule has 4 aromatic carbocycles. The van der Waals surface area contributed by atoms with E-state index < -0.39 is 0 Å². The Kier molecular flexibility index (Phi) is 4.84. The van der Waals surface area contributed by atoms with Gasteiger partial charge in [0.2, 0.25) is 11.8 Å². The predicted octanol–water partition coefficient (Wildman–Crippen LogP) is 6.88. The molecule has 1 aliphatic heterocycles. The highest BCUT2D eigenvalue weighted by molar-refractivity contribution is 6.26. The van der Waals surface area contributed by atoms with Gasteiger partial charge in [0.25, 0.3) is 0 Å². The average Bonchev–Trinajstić information content (AvgIpc) is 3.55. The molecule has 7 rings (SSSR count). The molecule has 180 valence electrons. The van der Waals surface area contributed by atoms with Crippen LogP contribution in [0.5, 0.6) is 0 Å². The van der Waals surface area contributed by atoms with Crippen molar-refractivity contribution in [3.8, 4) is 0 Å². The minimum Gasteiger partial charge on any atom is -0.274 e. The van der Waals surface area contributed by atoms with E-state index in [0.717, 1.165) is 27.5 Å². The van der Waals surface area contributed by atoms with Gasteiger partial charge >= 0.3 is 0 Å². The lowest BCUT2D eigenvalue weighted by molar-refractivity contribution is -0.122. The number of imide groups is 1. The van der Waals surface area contributed by atoms with E-state index in [4.69, 9.17) is 0 Å². The molecule has 1 heterocycles. The molecule has 1 saturated heterocycles. The predicted molar refractivity (Wildman–Crippen MR) is 148 cm³/mol. The summed E-state index contributed by atoms with van der Waals surface area (Å²) in [6.07, 6.45) is 4.34. The van der Waals surface area contributed by atoms with Crippen LogP contribution in [0.3, 0.4) is 0 Å². The number of nitrogens with zero attached hydrogens (tertiary/aromatic N) is 1. The van der Waals surface area contributed by atoms with E-state index in [2.05, 4.69) is 74.5 Å². The van der Waals surface area contributed by atoms with Crippen molar-refractivity contribution in [2.45, 2.75) is 13.8 Å². The summed E-state index contributed by atoms with van der Waals surface area (Å²) < 4.78 is 0. The molecule has 0 N–H and O–H groups in total. The van der Waals surface area contributed by atoms with E-state index >= 15 is 0 Å². The Morgan fingerprint density at radius 3 is 1.70 bits per heavy atom. The third kappa shape index (κ3) is 3.20. The van der Waals surface area contributed by atoms with Crippen molar-refractivity contribution in [2.24, 2.45) is 23.7 Å². The molecule has 0 aromatic heterocycles. The van der Waals surface area contributed by atoms with E-state index in [9.17, 15) is 9.59 Å². The quantitative estimate of drug-likeness (QED) is 0.236. The number of fused-ring (bicyclic) bond motifs is 6. The second-order valence-corrected chi connectivity index (χ2v) is 10.6. The number of benzene rings is 4. The van der Waals surface area contributed by atoms with Gasteiger partial charge in [-0.2, -0.15) is 0 Å². The van der Waals surface area contributed by atoms with E-state index in [1.165, 1.54) is 21.6 Å². The molecule has 0 spiro atoms. The topological polar surface area (TPSA) is 37.4 Å². The zero-order chi connectivity index (χ0) is 25.3. The highest BCUT2D eigenvalue weighted by Crippen LogP contribution is 2.59. The molecule has 0 unspecified atom stereocenters. The van der Waals surface area contributed by atoms with Crippen LogP contribution in [0.4, 0.5) is 5.69 Å². The van der Waals surface area contributed by atoms with Gasteiger partial charge in [0, 0.05) is 17.2 Å². The summed E-state index contributed by atoms with van der Waals surface area (Å²) in [5.74, 6) is -1.03. The largest absolute Gasteiger partial charge is 0.274 e. The smallest absolute Gasteiger partial charge is 0.238 e. The van der Waals surface area contributed by atoms with Crippen LogP contribution in [-0.4, -0.2) is 11.8 Å². The Labute approximate surface area is 216 Å². The first-order chi connectivity index (χ1) is 18.0. The summed E-state index contributed by atoms with van der Waals surface area (Å²) in [7, 11) is 0. The fourth-order valence-electron chi connectivity index (χ4n) is 6.68. The SMILES string of the molecule is Cc1ccc(C(=C2[C@H]3C=C[C@H]2[C@H]2C(=O)N(c4cccc5ccccc45)C(=O)[C@H]23)c2ccc(C)cc2)cc1. The van der Waals surface area contributed by atoms with Gasteiger partial charge in [0.05, 0.1) is 17.5 Å². The first kappa shape index (κ1) is 22.0. The lowest BCUT2D eigenvalue weighted by Crippen LogP contribution is -2.33. The van der Waals surface area contributed by atoms with Crippen LogP contribution >= 0.6 is 0 Å². The molecule has 4 aromatic rings. The van der Waals surface area contributed by atoms with Crippen LogP contribution in [0.2, 0.25) is 0 Å². The standard InChI is InChI=1S/C34H27NO2/c1-20-10-14-23(15-11-20)29(24-16-12-21(2)13-17-24)30-26-18-19-27(30)32-31(26)33(36)35(34(32)37)28-9-5-7-22-6-3-4-8-25(22)28/h3-19,26-27,31-32H,1-2H3/t26-,27-,31-,32+/m1/s1. The van der Waals surface area contributed by atoms with Gasteiger partial charge in [-0.1, -0.05) is 108 Å². The molecular weight excluding hydrogens is 454 g/mol. The Hall–Kier alpha value is -4.24. The molecule has 1 saturated carbocycles. The second-order valence-electron chi connectivity index (χ2n) is 10.6. The summed E-state index contributed by atoms with van der Waals surface area (Å²) in [6.45, 7) is 4.18. The first-order valence-corrected chi connectivity index (χ1v) is 12.9. The Morgan fingerprint density at radius 2 is 1.14 bits per heavy atom. The third-order valence-electron chi connectivity index (χ3n) is 8.39. The zero-order valence-electron chi connectivity index (χ0n) is 20.9. The van der Waals surface area contributed by atoms with Crippen LogP contribution in [0.15, 0.2) is 109 Å². The van der Waals surface area contributed by atoms with Crippen LogP contribution in [0.1, 0.15) is 22.3 Å². The van der Waals surface area contributed by atoms with Crippen molar-refractivity contribution < 1.29 is 9.59 Å². The van der Waals surface area contributed by atoms with E-state index in [1.54, 1.807) is 0 Å². The van der Waals surface area contributed by atoms with E-state index in [0.29, 0.717) is 5.69 Å². The molecular formula is C34H27NO2. The maximum Gasteiger partial charge on any atom is 0.238 e. The van der Waals surface area contributed by atoms with Gasteiger partial charge in [-0.25, -0.2) is 4.90 Å². The molecule has 0 radical (unpaired) electrons. The highest BCUT2D eigenvalue weighted by atomic mass is 16.2. The molecule has 3 heteroatoms. The molecule has 3 nitrogen and oxygen atoms in total. The van der Waals surface area contributed by atoms with Crippen molar-refractivity contribution >= 4 is 33.8 Å². The number of hydrogen-bond acceptors (Lipinski definition) is 2. The normalized spacial score (nSPS) is 23.8. The fourth-order valence-corrected chi connectivity index (χ4v) is 6.68. The number of rotatable bonds is 3. The number of allylic oxidation sites excluding steroid dienone is 3. The van der Waals surface area contributed by atoms with Crippen LogP contribution in [-0.2, 0) is 9.59 Å². The van der Waals surface area contributed by atoms with Crippen molar-refractivity contribution in [1.29, 1.82) is 0 Å². The lowest BCUT2D eigenvalue weighted by Gasteiger charge is -2.22. The van der Waals surface area contributed by atoms with Crippen molar-refractivity contribution in [2.75, 3.05) is 4.90 Å². The van der Waals surface area contributed by atoms with E-state index in [1.807, 2.05) is 42.5 Å². The number of carbonyl (C=O) groups is 2. The molecule has 2 bridgehead atoms. The van der Waals surface area contributed by atoms with Gasteiger partial charge in [-0.15, -0.1) is 0 Å². The minimum absolute atomic E-state index is 0.0761. The van der Waals surface area contributed by atoms with Crippen molar-refractivity contribution in [3.63, 3.8) is 0 Å². The molecule has 4 atom stereocenters. The van der Waals surface area contributed by atoms with Gasteiger partial charge in [0.15, 0.2) is 0 Å². The second kappa shape index (κ2) is 8.14. The Morgan fingerprint density at radius 1 is 0.622 bits per heavy atom. The number of amides is 2. The van der Waals surface area contributed by atoms with Gasteiger partial charge in [-0.05, 0) is 47.6 Å². The number of carbonyl (C=O) groups excluding carboxylic acids is 2. The Balaban J connectivity index is 1.37. The summed E-state index contributed by atoms with van der Waals surface area (Å²) in [5, 5.41) is 1.96. The van der Waals surface area contributed by atoms with Crippen molar-refractivity contribution in [1.82, 2.24) is 0 Å². The number of hydrogen-bond donors (Lipinski definition) is 0. The highest BCUT2D eigenvalue weighted by Gasteiger charge is 2.62.